The fraction of sp³-hybridized carbons (Fsp3) is 0.600. The SMILES string of the molecule is CC(=NO)c1cnn(CC(C)C)c1C. The molecule has 78 valence electrons. The first-order valence-electron chi connectivity index (χ1n) is 4.77. The van der Waals surface area contributed by atoms with E-state index in [9.17, 15) is 0 Å². The highest BCUT2D eigenvalue weighted by Crippen LogP contribution is 2.10. The van der Waals surface area contributed by atoms with Crippen molar-refractivity contribution in [2.24, 2.45) is 11.1 Å². The van der Waals surface area contributed by atoms with Gasteiger partial charge in [-0.05, 0) is 19.8 Å². The highest BCUT2D eigenvalue weighted by Gasteiger charge is 2.09. The number of nitrogens with zero attached hydrogens (tertiary/aromatic N) is 3. The van der Waals surface area contributed by atoms with Gasteiger partial charge in [0.25, 0.3) is 0 Å². The van der Waals surface area contributed by atoms with Crippen molar-refractivity contribution in [1.29, 1.82) is 0 Å². The molecule has 0 aliphatic heterocycles. The fourth-order valence-corrected chi connectivity index (χ4v) is 1.39. The van der Waals surface area contributed by atoms with Gasteiger partial charge in [0.05, 0.1) is 11.9 Å². The average Bonchev–Trinajstić information content (AvgIpc) is 2.46. The molecule has 0 saturated carbocycles. The summed E-state index contributed by atoms with van der Waals surface area (Å²) in [6, 6.07) is 0. The predicted molar refractivity (Wildman–Crippen MR) is 55.8 cm³/mol. The molecular weight excluding hydrogens is 178 g/mol. The summed E-state index contributed by atoms with van der Waals surface area (Å²) in [6.45, 7) is 8.94. The molecule has 0 aromatic carbocycles. The second-order valence-corrected chi connectivity index (χ2v) is 3.91. The van der Waals surface area contributed by atoms with E-state index >= 15 is 0 Å². The van der Waals surface area contributed by atoms with Crippen LogP contribution in [0.4, 0.5) is 0 Å². The quantitative estimate of drug-likeness (QED) is 0.456. The minimum atomic E-state index is 0.563. The maximum absolute atomic E-state index is 8.65. The Morgan fingerprint density at radius 3 is 2.79 bits per heavy atom. The zero-order valence-electron chi connectivity index (χ0n) is 9.15. The van der Waals surface area contributed by atoms with Crippen molar-refractivity contribution < 1.29 is 5.21 Å². The van der Waals surface area contributed by atoms with E-state index < -0.39 is 0 Å². The van der Waals surface area contributed by atoms with Gasteiger partial charge in [-0.25, -0.2) is 0 Å². The third-order valence-corrected chi connectivity index (χ3v) is 2.18. The van der Waals surface area contributed by atoms with Crippen molar-refractivity contribution in [3.63, 3.8) is 0 Å². The van der Waals surface area contributed by atoms with E-state index in [1.807, 2.05) is 11.6 Å². The number of hydrogen-bond donors (Lipinski definition) is 1. The smallest absolute Gasteiger partial charge is 0.0871 e. The minimum Gasteiger partial charge on any atom is -0.411 e. The second-order valence-electron chi connectivity index (χ2n) is 3.91. The summed E-state index contributed by atoms with van der Waals surface area (Å²) in [4.78, 5) is 0. The van der Waals surface area contributed by atoms with E-state index in [1.165, 1.54) is 0 Å². The highest BCUT2D eigenvalue weighted by molar-refractivity contribution is 5.98. The lowest BCUT2D eigenvalue weighted by Gasteiger charge is -2.07. The van der Waals surface area contributed by atoms with Crippen LogP contribution in [0, 0.1) is 12.8 Å². The number of hydrogen-bond acceptors (Lipinski definition) is 3. The fourth-order valence-electron chi connectivity index (χ4n) is 1.39. The topological polar surface area (TPSA) is 50.4 Å². The van der Waals surface area contributed by atoms with E-state index in [-0.39, 0.29) is 0 Å². The molecule has 0 atom stereocenters. The molecule has 4 heteroatoms. The molecule has 0 saturated heterocycles. The largest absolute Gasteiger partial charge is 0.411 e. The van der Waals surface area contributed by atoms with Gasteiger partial charge in [-0.2, -0.15) is 5.10 Å². The molecule has 0 fully saturated rings. The molecule has 0 amide bonds. The van der Waals surface area contributed by atoms with Crippen molar-refractivity contribution in [3.05, 3.63) is 17.5 Å². The van der Waals surface area contributed by atoms with Gasteiger partial charge in [0, 0.05) is 17.8 Å². The van der Waals surface area contributed by atoms with E-state index in [2.05, 4.69) is 24.1 Å². The second kappa shape index (κ2) is 4.26. The van der Waals surface area contributed by atoms with Crippen LogP contribution in [-0.4, -0.2) is 20.7 Å². The monoisotopic (exact) mass is 195 g/mol. The zero-order chi connectivity index (χ0) is 10.7. The lowest BCUT2D eigenvalue weighted by molar-refractivity contribution is 0.319. The first-order chi connectivity index (χ1) is 6.56. The zero-order valence-corrected chi connectivity index (χ0v) is 9.15. The molecule has 1 heterocycles. The summed E-state index contributed by atoms with van der Waals surface area (Å²) >= 11 is 0. The van der Waals surface area contributed by atoms with Gasteiger partial charge in [-0.15, -0.1) is 0 Å². The van der Waals surface area contributed by atoms with Gasteiger partial charge in [0.2, 0.25) is 0 Å². The third kappa shape index (κ3) is 2.13. The van der Waals surface area contributed by atoms with E-state index in [1.54, 1.807) is 13.1 Å². The van der Waals surface area contributed by atoms with Crippen molar-refractivity contribution in [2.75, 3.05) is 0 Å². The Labute approximate surface area is 84.2 Å². The van der Waals surface area contributed by atoms with Crippen LogP contribution in [-0.2, 0) is 6.54 Å². The number of aromatic nitrogens is 2. The van der Waals surface area contributed by atoms with Gasteiger partial charge in [0.15, 0.2) is 0 Å². The summed E-state index contributed by atoms with van der Waals surface area (Å²) in [5, 5.41) is 16.1. The first-order valence-corrected chi connectivity index (χ1v) is 4.77. The van der Waals surface area contributed by atoms with E-state index in [4.69, 9.17) is 5.21 Å². The normalized spacial score (nSPS) is 12.5. The Morgan fingerprint density at radius 1 is 1.64 bits per heavy atom. The van der Waals surface area contributed by atoms with Gasteiger partial charge >= 0.3 is 0 Å². The minimum absolute atomic E-state index is 0.563. The average molecular weight is 195 g/mol. The summed E-state index contributed by atoms with van der Waals surface area (Å²) in [5.74, 6) is 0.563. The van der Waals surface area contributed by atoms with Crippen molar-refractivity contribution >= 4 is 5.71 Å². The molecular formula is C10H17N3O. The van der Waals surface area contributed by atoms with Crippen LogP contribution in [0.2, 0.25) is 0 Å². The molecule has 1 aromatic rings. The molecule has 0 radical (unpaired) electrons. The van der Waals surface area contributed by atoms with E-state index in [0.29, 0.717) is 11.6 Å². The molecule has 1 aromatic heterocycles. The van der Waals surface area contributed by atoms with Gasteiger partial charge in [0.1, 0.15) is 0 Å². The highest BCUT2D eigenvalue weighted by atomic mass is 16.4. The Hall–Kier alpha value is -1.32. The molecule has 0 bridgehead atoms. The van der Waals surface area contributed by atoms with Crippen molar-refractivity contribution in [2.45, 2.75) is 34.2 Å². The molecule has 0 unspecified atom stereocenters. The molecule has 0 aliphatic rings. The summed E-state index contributed by atoms with van der Waals surface area (Å²) in [5.41, 5.74) is 2.57. The van der Waals surface area contributed by atoms with Crippen molar-refractivity contribution in [1.82, 2.24) is 9.78 Å². The summed E-state index contributed by atoms with van der Waals surface area (Å²) in [7, 11) is 0. The predicted octanol–water partition coefficient (Wildman–Crippen LogP) is 2.05. The molecule has 14 heavy (non-hydrogen) atoms. The van der Waals surface area contributed by atoms with Crippen LogP contribution in [0.25, 0.3) is 0 Å². The third-order valence-electron chi connectivity index (χ3n) is 2.18. The van der Waals surface area contributed by atoms with E-state index in [0.717, 1.165) is 17.8 Å². The molecule has 0 aliphatic carbocycles. The van der Waals surface area contributed by atoms with Crippen LogP contribution in [0.15, 0.2) is 11.4 Å². The lowest BCUT2D eigenvalue weighted by atomic mass is 10.2. The molecule has 0 spiro atoms. The Balaban J connectivity index is 2.96. The molecule has 4 nitrogen and oxygen atoms in total. The Kier molecular flexibility index (Phi) is 3.28. The molecule has 1 rings (SSSR count). The van der Waals surface area contributed by atoms with Crippen LogP contribution < -0.4 is 0 Å². The standard InChI is InChI=1S/C10H17N3O/c1-7(2)6-13-9(4)10(5-11-13)8(3)12-14/h5,7,14H,6H2,1-4H3. The molecule has 1 N–H and O–H groups in total. The first kappa shape index (κ1) is 10.8. The van der Waals surface area contributed by atoms with Gasteiger partial charge in [-0.3, -0.25) is 4.68 Å². The Bertz CT molecular complexity index is 339. The van der Waals surface area contributed by atoms with Crippen molar-refractivity contribution in [3.8, 4) is 0 Å². The summed E-state index contributed by atoms with van der Waals surface area (Å²) in [6.07, 6.45) is 1.74. The summed E-state index contributed by atoms with van der Waals surface area (Å²) < 4.78 is 1.94. The number of oxime groups is 1. The van der Waals surface area contributed by atoms with Crippen LogP contribution in [0.3, 0.4) is 0 Å². The number of rotatable bonds is 3. The van der Waals surface area contributed by atoms with Crippen LogP contribution in [0.1, 0.15) is 32.0 Å². The maximum atomic E-state index is 8.65. The van der Waals surface area contributed by atoms with Crippen LogP contribution >= 0.6 is 0 Å². The lowest BCUT2D eigenvalue weighted by Crippen LogP contribution is -2.08. The maximum Gasteiger partial charge on any atom is 0.0871 e. The van der Waals surface area contributed by atoms with Crippen LogP contribution in [0.5, 0.6) is 0 Å². The Morgan fingerprint density at radius 2 is 2.29 bits per heavy atom. The van der Waals surface area contributed by atoms with Gasteiger partial charge in [-0.1, -0.05) is 19.0 Å². The van der Waals surface area contributed by atoms with Gasteiger partial charge < -0.3 is 5.21 Å².